The Bertz CT molecular complexity index is 1020. The van der Waals surface area contributed by atoms with Crippen molar-refractivity contribution in [3.05, 3.63) is 82.4 Å². The highest BCUT2D eigenvalue weighted by molar-refractivity contribution is 5.94. The molecule has 0 aliphatic carbocycles. The van der Waals surface area contributed by atoms with Crippen LogP contribution in [0.5, 0.6) is 0 Å². The summed E-state index contributed by atoms with van der Waals surface area (Å²) in [5.41, 5.74) is 3.21. The number of imidazole rings is 1. The maximum atomic E-state index is 11.9. The molecule has 1 aromatic heterocycles. The van der Waals surface area contributed by atoms with Gasteiger partial charge in [-0.1, -0.05) is 24.3 Å². The molecule has 4 rings (SSSR count). The van der Waals surface area contributed by atoms with Gasteiger partial charge in [-0.25, -0.2) is 9.78 Å². The largest absolute Gasteiger partial charge is 0.447 e. The number of nitro benzene ring substituents is 1. The van der Waals surface area contributed by atoms with Crippen LogP contribution in [0.2, 0.25) is 0 Å². The standard InChI is InChI=1S/C20H19N5O4/c26-20-24(9-10-29-20)19-11-17(25(27)28)5-6-18(19)22-12-15-1-3-16(4-2-15)13-23-8-7-21-14-23/h1-8,11,14,22H,9-10,12-13H2. The van der Waals surface area contributed by atoms with Gasteiger partial charge in [-0.3, -0.25) is 15.0 Å². The molecule has 0 saturated carbocycles. The minimum Gasteiger partial charge on any atom is -0.447 e. The Morgan fingerprint density at radius 3 is 2.62 bits per heavy atom. The SMILES string of the molecule is O=C1OCCN1c1cc([N+](=O)[O-])ccc1NCc1ccc(Cn2ccnc2)cc1. The number of carbonyl (C=O) groups excluding carboxylic acids is 1. The molecule has 1 aliphatic rings. The molecule has 148 valence electrons. The first kappa shape index (κ1) is 18.5. The van der Waals surface area contributed by atoms with Crippen LogP contribution in [0.4, 0.5) is 21.9 Å². The quantitative estimate of drug-likeness (QED) is 0.487. The molecular formula is C20H19N5O4. The van der Waals surface area contributed by atoms with E-state index >= 15 is 0 Å². The number of benzene rings is 2. The summed E-state index contributed by atoms with van der Waals surface area (Å²) in [5, 5.41) is 14.4. The van der Waals surface area contributed by atoms with Crippen LogP contribution in [0.25, 0.3) is 0 Å². The third-order valence-corrected chi connectivity index (χ3v) is 4.67. The molecule has 1 fully saturated rings. The minimum absolute atomic E-state index is 0.0749. The third kappa shape index (κ3) is 4.18. The van der Waals surface area contributed by atoms with Crippen LogP contribution >= 0.6 is 0 Å². The van der Waals surface area contributed by atoms with Gasteiger partial charge in [0.2, 0.25) is 0 Å². The number of nitrogens with one attached hydrogen (secondary N) is 1. The fourth-order valence-electron chi connectivity index (χ4n) is 3.17. The Hall–Kier alpha value is -3.88. The molecule has 29 heavy (non-hydrogen) atoms. The summed E-state index contributed by atoms with van der Waals surface area (Å²) in [6.07, 6.45) is 4.93. The monoisotopic (exact) mass is 393 g/mol. The van der Waals surface area contributed by atoms with Crippen LogP contribution in [0.3, 0.4) is 0 Å². The lowest BCUT2D eigenvalue weighted by Crippen LogP contribution is -2.24. The number of non-ortho nitro benzene ring substituents is 1. The second kappa shape index (κ2) is 8.01. The number of nitro groups is 1. The Kier molecular flexibility index (Phi) is 5.10. The summed E-state index contributed by atoms with van der Waals surface area (Å²) < 4.78 is 6.97. The number of ether oxygens (including phenoxy) is 1. The van der Waals surface area contributed by atoms with Gasteiger partial charge >= 0.3 is 6.09 Å². The average molecular weight is 393 g/mol. The summed E-state index contributed by atoms with van der Waals surface area (Å²) in [5.74, 6) is 0. The molecule has 1 saturated heterocycles. The van der Waals surface area contributed by atoms with E-state index in [0.29, 0.717) is 24.5 Å². The van der Waals surface area contributed by atoms with Gasteiger partial charge in [-0.05, 0) is 17.2 Å². The lowest BCUT2D eigenvalue weighted by atomic mass is 10.1. The highest BCUT2D eigenvalue weighted by Gasteiger charge is 2.27. The van der Waals surface area contributed by atoms with Crippen molar-refractivity contribution >= 4 is 23.2 Å². The highest BCUT2D eigenvalue weighted by atomic mass is 16.6. The van der Waals surface area contributed by atoms with E-state index in [0.717, 1.165) is 17.7 Å². The zero-order valence-corrected chi connectivity index (χ0v) is 15.5. The normalized spacial score (nSPS) is 13.4. The predicted molar refractivity (Wildman–Crippen MR) is 107 cm³/mol. The van der Waals surface area contributed by atoms with E-state index in [2.05, 4.69) is 10.3 Å². The van der Waals surface area contributed by atoms with Crippen LogP contribution in [0.1, 0.15) is 11.1 Å². The van der Waals surface area contributed by atoms with E-state index in [9.17, 15) is 14.9 Å². The van der Waals surface area contributed by atoms with E-state index in [4.69, 9.17) is 4.74 Å². The first-order valence-electron chi connectivity index (χ1n) is 9.10. The molecule has 1 amide bonds. The molecule has 2 aromatic carbocycles. The fraction of sp³-hybridized carbons (Fsp3) is 0.200. The topological polar surface area (TPSA) is 103 Å². The first-order chi connectivity index (χ1) is 14.1. The van der Waals surface area contributed by atoms with Crippen molar-refractivity contribution < 1.29 is 14.5 Å². The first-order valence-corrected chi connectivity index (χ1v) is 9.10. The maximum Gasteiger partial charge on any atom is 0.414 e. The van der Waals surface area contributed by atoms with Gasteiger partial charge in [-0.2, -0.15) is 0 Å². The molecule has 9 nitrogen and oxygen atoms in total. The number of aromatic nitrogens is 2. The van der Waals surface area contributed by atoms with E-state index < -0.39 is 11.0 Å². The molecule has 3 aromatic rings. The number of cyclic esters (lactones) is 1. The van der Waals surface area contributed by atoms with E-state index in [-0.39, 0.29) is 12.3 Å². The Morgan fingerprint density at radius 1 is 1.17 bits per heavy atom. The van der Waals surface area contributed by atoms with Crippen LogP contribution < -0.4 is 10.2 Å². The number of anilines is 2. The van der Waals surface area contributed by atoms with E-state index in [1.165, 1.54) is 17.0 Å². The van der Waals surface area contributed by atoms with Gasteiger partial charge in [0.1, 0.15) is 6.61 Å². The summed E-state index contributed by atoms with van der Waals surface area (Å²) >= 11 is 0. The number of amides is 1. The van der Waals surface area contributed by atoms with Crippen molar-refractivity contribution in [2.75, 3.05) is 23.4 Å². The van der Waals surface area contributed by atoms with Crippen molar-refractivity contribution in [1.29, 1.82) is 0 Å². The zero-order valence-electron chi connectivity index (χ0n) is 15.5. The molecule has 0 radical (unpaired) electrons. The number of hydrogen-bond donors (Lipinski definition) is 1. The average Bonchev–Trinajstić information content (AvgIpc) is 3.39. The van der Waals surface area contributed by atoms with Crippen molar-refractivity contribution in [3.8, 4) is 0 Å². The molecule has 1 N–H and O–H groups in total. The molecule has 9 heteroatoms. The molecule has 0 spiro atoms. The third-order valence-electron chi connectivity index (χ3n) is 4.67. The van der Waals surface area contributed by atoms with Crippen LogP contribution in [0.15, 0.2) is 61.2 Å². The highest BCUT2D eigenvalue weighted by Crippen LogP contribution is 2.32. The van der Waals surface area contributed by atoms with Gasteiger partial charge in [-0.15, -0.1) is 0 Å². The summed E-state index contributed by atoms with van der Waals surface area (Å²) in [6.45, 7) is 1.88. The molecular weight excluding hydrogens is 374 g/mol. The molecule has 0 unspecified atom stereocenters. The predicted octanol–water partition coefficient (Wildman–Crippen LogP) is 3.41. The van der Waals surface area contributed by atoms with Crippen LogP contribution in [-0.4, -0.2) is 33.7 Å². The van der Waals surface area contributed by atoms with Gasteiger partial charge in [0.25, 0.3) is 5.69 Å². The minimum atomic E-state index is -0.502. The van der Waals surface area contributed by atoms with Crippen LogP contribution in [0, 0.1) is 10.1 Å². The van der Waals surface area contributed by atoms with Crippen molar-refractivity contribution in [1.82, 2.24) is 9.55 Å². The summed E-state index contributed by atoms with van der Waals surface area (Å²) in [4.78, 5) is 28.0. The lowest BCUT2D eigenvalue weighted by molar-refractivity contribution is -0.384. The Balaban J connectivity index is 1.48. The second-order valence-corrected chi connectivity index (χ2v) is 6.63. The van der Waals surface area contributed by atoms with Gasteiger partial charge in [0.15, 0.2) is 0 Å². The summed E-state index contributed by atoms with van der Waals surface area (Å²) in [6, 6.07) is 12.6. The fourth-order valence-corrected chi connectivity index (χ4v) is 3.17. The Morgan fingerprint density at radius 2 is 1.97 bits per heavy atom. The number of rotatable bonds is 7. The Labute approximate surface area is 166 Å². The summed E-state index contributed by atoms with van der Waals surface area (Å²) in [7, 11) is 0. The number of hydrogen-bond acceptors (Lipinski definition) is 6. The lowest BCUT2D eigenvalue weighted by Gasteiger charge is -2.18. The maximum absolute atomic E-state index is 11.9. The molecule has 0 atom stereocenters. The van der Waals surface area contributed by atoms with Gasteiger partial charge < -0.3 is 14.6 Å². The molecule has 2 heterocycles. The van der Waals surface area contributed by atoms with Gasteiger partial charge in [0, 0.05) is 37.6 Å². The zero-order chi connectivity index (χ0) is 20.2. The number of nitrogens with zero attached hydrogens (tertiary/aromatic N) is 4. The molecule has 1 aliphatic heterocycles. The second-order valence-electron chi connectivity index (χ2n) is 6.63. The van der Waals surface area contributed by atoms with E-state index in [1.807, 2.05) is 35.0 Å². The van der Waals surface area contributed by atoms with Crippen LogP contribution in [-0.2, 0) is 17.8 Å². The molecule has 0 bridgehead atoms. The smallest absolute Gasteiger partial charge is 0.414 e. The van der Waals surface area contributed by atoms with Crippen molar-refractivity contribution in [3.63, 3.8) is 0 Å². The van der Waals surface area contributed by atoms with E-state index in [1.54, 1.807) is 18.6 Å². The van der Waals surface area contributed by atoms with Crippen molar-refractivity contribution in [2.45, 2.75) is 13.1 Å². The van der Waals surface area contributed by atoms with Gasteiger partial charge in [0.05, 0.1) is 29.2 Å². The number of carbonyl (C=O) groups is 1. The van der Waals surface area contributed by atoms with Crippen molar-refractivity contribution in [2.24, 2.45) is 0 Å².